The summed E-state index contributed by atoms with van der Waals surface area (Å²) in [6.45, 7) is 8.60. The number of aryl methyl sites for hydroxylation is 1. The molecule has 9 nitrogen and oxygen atoms in total. The zero-order valence-corrected chi connectivity index (χ0v) is 26.3. The molecule has 2 saturated heterocycles. The lowest BCUT2D eigenvalue weighted by Crippen LogP contribution is -2.42. The van der Waals surface area contributed by atoms with Gasteiger partial charge in [-0.15, -0.1) is 0 Å². The van der Waals surface area contributed by atoms with E-state index in [0.29, 0.717) is 62.1 Å². The van der Waals surface area contributed by atoms with Crippen LogP contribution in [-0.2, 0) is 20.9 Å². The number of hydrogen-bond acceptors (Lipinski definition) is 8. The van der Waals surface area contributed by atoms with Gasteiger partial charge in [0.1, 0.15) is 18.1 Å². The van der Waals surface area contributed by atoms with Gasteiger partial charge >= 0.3 is 0 Å². The first-order chi connectivity index (χ1) is 21.9. The van der Waals surface area contributed by atoms with Crippen molar-refractivity contribution in [2.24, 2.45) is 0 Å². The number of benzene rings is 3. The highest BCUT2D eigenvalue weighted by molar-refractivity contribution is 6.46. The Bertz CT molecular complexity index is 1520. The predicted octanol–water partition coefficient (Wildman–Crippen LogP) is 5.52. The number of amides is 1. The molecule has 0 bridgehead atoms. The average molecular weight is 615 g/mol. The van der Waals surface area contributed by atoms with Crippen molar-refractivity contribution in [1.29, 1.82) is 0 Å². The number of methoxy groups -OCH3 is 1. The summed E-state index contributed by atoms with van der Waals surface area (Å²) in [5.41, 5.74) is 2.96. The lowest BCUT2D eigenvalue weighted by atomic mass is 9.94. The number of aliphatic hydroxyl groups is 1. The van der Waals surface area contributed by atoms with Crippen LogP contribution in [0.5, 0.6) is 17.2 Å². The fourth-order valence-electron chi connectivity index (χ4n) is 5.68. The molecule has 3 aromatic rings. The topological polar surface area (TPSA) is 97.8 Å². The third-order valence-corrected chi connectivity index (χ3v) is 8.25. The zero-order valence-electron chi connectivity index (χ0n) is 26.3. The number of ketones is 1. The van der Waals surface area contributed by atoms with Crippen molar-refractivity contribution in [3.05, 3.63) is 94.6 Å². The van der Waals surface area contributed by atoms with E-state index < -0.39 is 17.7 Å². The van der Waals surface area contributed by atoms with Crippen LogP contribution < -0.4 is 14.2 Å². The van der Waals surface area contributed by atoms with Gasteiger partial charge in [-0.25, -0.2) is 0 Å². The summed E-state index contributed by atoms with van der Waals surface area (Å²) in [6, 6.07) is 19.7. The van der Waals surface area contributed by atoms with Gasteiger partial charge in [0.05, 0.1) is 38.5 Å². The molecule has 1 atom stereocenters. The van der Waals surface area contributed by atoms with Crippen molar-refractivity contribution in [3.8, 4) is 17.2 Å². The predicted molar refractivity (Wildman–Crippen MR) is 172 cm³/mol. The molecule has 238 valence electrons. The molecule has 2 fully saturated rings. The lowest BCUT2D eigenvalue weighted by molar-refractivity contribution is -0.140. The van der Waals surface area contributed by atoms with E-state index in [-0.39, 0.29) is 11.3 Å². The third-order valence-electron chi connectivity index (χ3n) is 8.25. The second-order valence-corrected chi connectivity index (χ2v) is 11.3. The second kappa shape index (κ2) is 15.1. The van der Waals surface area contributed by atoms with Gasteiger partial charge in [0.2, 0.25) is 0 Å². The number of likely N-dealkylation sites (tertiary alicyclic amines) is 1. The van der Waals surface area contributed by atoms with E-state index in [1.54, 1.807) is 42.3 Å². The van der Waals surface area contributed by atoms with Gasteiger partial charge in [0.15, 0.2) is 11.5 Å². The van der Waals surface area contributed by atoms with Crippen LogP contribution in [0.2, 0.25) is 0 Å². The summed E-state index contributed by atoms with van der Waals surface area (Å²) >= 11 is 0. The van der Waals surface area contributed by atoms with Crippen molar-refractivity contribution in [2.75, 3.05) is 53.1 Å². The van der Waals surface area contributed by atoms with E-state index >= 15 is 0 Å². The summed E-state index contributed by atoms with van der Waals surface area (Å²) in [5.74, 6) is 0.131. The maximum Gasteiger partial charge on any atom is 0.295 e. The minimum atomic E-state index is -0.816. The van der Waals surface area contributed by atoms with Crippen LogP contribution in [0.15, 0.2) is 72.3 Å². The second-order valence-electron chi connectivity index (χ2n) is 11.3. The molecule has 1 amide bonds. The number of nitrogens with zero attached hydrogens (tertiary/aromatic N) is 2. The van der Waals surface area contributed by atoms with Crippen molar-refractivity contribution in [2.45, 2.75) is 39.3 Å². The van der Waals surface area contributed by atoms with Crippen molar-refractivity contribution < 1.29 is 33.6 Å². The molecule has 0 radical (unpaired) electrons. The molecule has 0 saturated carbocycles. The monoisotopic (exact) mass is 614 g/mol. The van der Waals surface area contributed by atoms with Gasteiger partial charge < -0.3 is 29.0 Å². The molecule has 5 rings (SSSR count). The third kappa shape index (κ3) is 7.49. The largest absolute Gasteiger partial charge is 0.507 e. The normalized spacial score (nSPS) is 18.3. The summed E-state index contributed by atoms with van der Waals surface area (Å²) in [7, 11) is 1.55. The first-order valence-electron chi connectivity index (χ1n) is 15.6. The van der Waals surface area contributed by atoms with E-state index in [2.05, 4.69) is 11.8 Å². The number of carbonyl (C=O) groups is 2. The van der Waals surface area contributed by atoms with Crippen LogP contribution in [0.3, 0.4) is 0 Å². The minimum Gasteiger partial charge on any atom is -0.507 e. The molecule has 1 unspecified atom stereocenters. The van der Waals surface area contributed by atoms with Crippen LogP contribution in [0.1, 0.15) is 48.1 Å². The van der Waals surface area contributed by atoms with Gasteiger partial charge in [-0.1, -0.05) is 49.7 Å². The van der Waals surface area contributed by atoms with Crippen LogP contribution >= 0.6 is 0 Å². The number of hydrogen-bond donors (Lipinski definition) is 1. The number of rotatable bonds is 13. The number of morpholine rings is 1. The van der Waals surface area contributed by atoms with Crippen LogP contribution in [0.25, 0.3) is 5.76 Å². The standard InChI is InChI=1S/C36H42N2O7/c1-4-5-19-44-29-13-12-28(22-25(29)2)34(39)32-33(38(36(41)35(32)40)16-15-37-17-20-43-21-18-37)27-11-14-30(31(23-27)42-3)45-24-26-9-7-6-8-10-26/h6-14,22-23,33,39H,4-5,15-21,24H2,1-3H3/b34-32+. The van der Waals surface area contributed by atoms with E-state index in [4.69, 9.17) is 18.9 Å². The molecular formula is C36H42N2O7. The van der Waals surface area contributed by atoms with Crippen LogP contribution in [-0.4, -0.2) is 79.7 Å². The number of unbranched alkanes of at least 4 members (excludes halogenated alkanes) is 1. The Labute approximate surface area is 265 Å². The Morgan fingerprint density at radius 2 is 1.69 bits per heavy atom. The van der Waals surface area contributed by atoms with Crippen LogP contribution in [0, 0.1) is 6.92 Å². The molecule has 0 spiro atoms. The van der Waals surface area contributed by atoms with E-state index in [1.165, 1.54) is 0 Å². The highest BCUT2D eigenvalue weighted by Crippen LogP contribution is 2.42. The molecule has 9 heteroatoms. The highest BCUT2D eigenvalue weighted by Gasteiger charge is 2.46. The smallest absolute Gasteiger partial charge is 0.295 e. The summed E-state index contributed by atoms with van der Waals surface area (Å²) < 4.78 is 23.1. The number of aliphatic hydroxyl groups excluding tert-OH is 1. The molecule has 2 aliphatic heterocycles. The fraction of sp³-hybridized carbons (Fsp3) is 0.389. The van der Waals surface area contributed by atoms with E-state index in [0.717, 1.165) is 42.8 Å². The highest BCUT2D eigenvalue weighted by atomic mass is 16.5. The molecule has 2 heterocycles. The van der Waals surface area contributed by atoms with Crippen LogP contribution in [0.4, 0.5) is 0 Å². The quantitative estimate of drug-likeness (QED) is 0.116. The molecule has 45 heavy (non-hydrogen) atoms. The SMILES string of the molecule is CCCCOc1ccc(/C(O)=C2\C(=O)C(=O)N(CCN3CCOCC3)C2c2ccc(OCc3ccccc3)c(OC)c2)cc1C. The minimum absolute atomic E-state index is 0.0426. The maximum absolute atomic E-state index is 13.6. The Hall–Kier alpha value is -4.34. The summed E-state index contributed by atoms with van der Waals surface area (Å²) in [5, 5.41) is 11.7. The Morgan fingerprint density at radius 1 is 0.933 bits per heavy atom. The summed E-state index contributed by atoms with van der Waals surface area (Å²) in [4.78, 5) is 31.0. The molecule has 0 aromatic heterocycles. The van der Waals surface area contributed by atoms with Gasteiger partial charge in [-0.2, -0.15) is 0 Å². The number of carbonyl (C=O) groups excluding carboxylic acids is 2. The Morgan fingerprint density at radius 3 is 2.40 bits per heavy atom. The number of Topliss-reactive ketones (excluding diaryl/α,β-unsaturated/α-hetero) is 1. The van der Waals surface area contributed by atoms with Gasteiger partial charge in [0.25, 0.3) is 11.7 Å². The average Bonchev–Trinajstić information content (AvgIpc) is 3.32. The van der Waals surface area contributed by atoms with E-state index in [9.17, 15) is 14.7 Å². The van der Waals surface area contributed by atoms with Gasteiger partial charge in [0, 0.05) is 31.7 Å². The Kier molecular flexibility index (Phi) is 10.8. The summed E-state index contributed by atoms with van der Waals surface area (Å²) in [6.07, 6.45) is 1.96. The van der Waals surface area contributed by atoms with E-state index in [1.807, 2.05) is 43.3 Å². The van der Waals surface area contributed by atoms with Crippen molar-refractivity contribution in [1.82, 2.24) is 9.80 Å². The van der Waals surface area contributed by atoms with Crippen molar-refractivity contribution in [3.63, 3.8) is 0 Å². The first kappa shape index (κ1) is 32.1. The molecule has 0 aliphatic carbocycles. The Balaban J connectivity index is 1.50. The molecule has 2 aliphatic rings. The lowest BCUT2D eigenvalue weighted by Gasteiger charge is -2.31. The van der Waals surface area contributed by atoms with Crippen molar-refractivity contribution >= 4 is 17.4 Å². The first-order valence-corrected chi connectivity index (χ1v) is 15.6. The molecular weight excluding hydrogens is 572 g/mol. The zero-order chi connectivity index (χ0) is 31.8. The molecule has 1 N–H and O–H groups in total. The van der Waals surface area contributed by atoms with Gasteiger partial charge in [-0.3, -0.25) is 14.5 Å². The fourth-order valence-corrected chi connectivity index (χ4v) is 5.68. The maximum atomic E-state index is 13.6. The number of ether oxygens (including phenoxy) is 4. The molecule has 3 aromatic carbocycles. The van der Waals surface area contributed by atoms with Gasteiger partial charge in [-0.05, 0) is 60.4 Å².